The summed E-state index contributed by atoms with van der Waals surface area (Å²) in [7, 11) is 3.36. The fraction of sp³-hybridized carbons (Fsp3) is 0.115. The van der Waals surface area contributed by atoms with Gasteiger partial charge in [-0.2, -0.15) is 0 Å². The van der Waals surface area contributed by atoms with Crippen molar-refractivity contribution in [3.63, 3.8) is 0 Å². The van der Waals surface area contributed by atoms with Crippen LogP contribution >= 0.6 is 11.6 Å². The van der Waals surface area contributed by atoms with E-state index in [0.29, 0.717) is 50.6 Å². The van der Waals surface area contributed by atoms with Gasteiger partial charge in [-0.05, 0) is 30.7 Å². The number of hydrogen-bond acceptors (Lipinski definition) is 7. The van der Waals surface area contributed by atoms with Crippen molar-refractivity contribution in [3.8, 4) is 52.2 Å². The van der Waals surface area contributed by atoms with Gasteiger partial charge >= 0.3 is 6.01 Å². The zero-order chi connectivity index (χ0) is 25.4. The molecule has 0 unspecified atom stereocenters. The topological polar surface area (TPSA) is 87.8 Å². The van der Waals surface area contributed by atoms with Crippen LogP contribution in [0.25, 0.3) is 33.4 Å². The molecule has 0 fully saturated rings. The molecular weight excluding hydrogens is 483 g/mol. The summed E-state index contributed by atoms with van der Waals surface area (Å²) in [5.41, 5.74) is 4.06. The van der Waals surface area contributed by atoms with Gasteiger partial charge in [-0.3, -0.25) is 0 Å². The lowest BCUT2D eigenvalue weighted by Gasteiger charge is -2.13. The van der Waals surface area contributed by atoms with E-state index in [9.17, 15) is 0 Å². The second-order valence-corrected chi connectivity index (χ2v) is 8.15. The monoisotopic (exact) mass is 500 g/mol. The molecule has 178 valence electrons. The Labute approximate surface area is 210 Å². The summed E-state index contributed by atoms with van der Waals surface area (Å²) in [6.45, 7) is 1.79. The number of ether oxygens (including phenoxy) is 2. The number of terminal acetylenes is 1. The number of pyridine rings is 1. The summed E-state index contributed by atoms with van der Waals surface area (Å²) >= 11 is 6.53. The molecule has 5 rings (SSSR count). The SMILES string of the molecule is C#Cc1cc(OC)c(-c2c(-c3ccc(Oc4nccc(C)n4)c(F)c3)c3c(Cl)ncnc3n2C)cn1. The predicted molar refractivity (Wildman–Crippen MR) is 133 cm³/mol. The summed E-state index contributed by atoms with van der Waals surface area (Å²) in [4.78, 5) is 21.1. The smallest absolute Gasteiger partial charge is 0.322 e. The van der Waals surface area contributed by atoms with Crippen LogP contribution in [-0.4, -0.2) is 36.6 Å². The largest absolute Gasteiger partial charge is 0.496 e. The van der Waals surface area contributed by atoms with Gasteiger partial charge in [0, 0.05) is 36.8 Å². The Morgan fingerprint density at radius 3 is 2.64 bits per heavy atom. The molecule has 0 aliphatic rings. The Hall–Kier alpha value is -4.55. The number of aromatic nitrogens is 6. The summed E-state index contributed by atoms with van der Waals surface area (Å²) in [6.07, 6.45) is 10.0. The quantitative estimate of drug-likeness (QED) is 0.237. The summed E-state index contributed by atoms with van der Waals surface area (Å²) < 4.78 is 28.3. The Morgan fingerprint density at radius 2 is 1.92 bits per heavy atom. The Kier molecular flexibility index (Phi) is 5.96. The lowest BCUT2D eigenvalue weighted by molar-refractivity contribution is 0.410. The normalized spacial score (nSPS) is 10.9. The van der Waals surface area contributed by atoms with E-state index in [1.807, 2.05) is 11.6 Å². The van der Waals surface area contributed by atoms with E-state index >= 15 is 4.39 Å². The van der Waals surface area contributed by atoms with Gasteiger partial charge in [-0.15, -0.1) is 6.42 Å². The van der Waals surface area contributed by atoms with Crippen LogP contribution in [0.1, 0.15) is 11.4 Å². The standard InChI is InChI=1S/C26H18ClFN6O2/c1-5-16-11-20(35-4)17(12-30-16)23-21(22-24(27)31-13-32-25(22)34(23)3)15-6-7-19(18(28)10-15)36-26-29-9-8-14(2)33-26/h1,6-13H,2-4H3. The van der Waals surface area contributed by atoms with Crippen LogP contribution in [0, 0.1) is 25.1 Å². The number of aryl methyl sites for hydroxylation is 2. The molecule has 4 aromatic heterocycles. The van der Waals surface area contributed by atoms with E-state index in [0.717, 1.165) is 0 Å². The van der Waals surface area contributed by atoms with Gasteiger partial charge in [-0.1, -0.05) is 23.6 Å². The van der Waals surface area contributed by atoms with Crippen LogP contribution in [0.4, 0.5) is 4.39 Å². The van der Waals surface area contributed by atoms with Gasteiger partial charge in [0.25, 0.3) is 0 Å². The maximum absolute atomic E-state index is 15.3. The van der Waals surface area contributed by atoms with Gasteiger partial charge < -0.3 is 14.0 Å². The molecule has 36 heavy (non-hydrogen) atoms. The molecular formula is C26H18ClFN6O2. The van der Waals surface area contributed by atoms with E-state index in [2.05, 4.69) is 30.8 Å². The third-order valence-corrected chi connectivity index (χ3v) is 5.89. The molecule has 0 N–H and O–H groups in total. The molecule has 0 aliphatic carbocycles. The molecule has 5 aromatic rings. The average Bonchev–Trinajstić information content (AvgIpc) is 3.18. The van der Waals surface area contributed by atoms with Crippen molar-refractivity contribution in [2.24, 2.45) is 7.05 Å². The molecule has 4 heterocycles. The van der Waals surface area contributed by atoms with Gasteiger partial charge in [0.15, 0.2) is 11.6 Å². The highest BCUT2D eigenvalue weighted by Crippen LogP contribution is 2.45. The average molecular weight is 501 g/mol. The van der Waals surface area contributed by atoms with Crippen molar-refractivity contribution in [1.82, 2.24) is 29.5 Å². The van der Waals surface area contributed by atoms with Crippen LogP contribution in [-0.2, 0) is 7.05 Å². The third kappa shape index (κ3) is 3.97. The molecule has 0 amide bonds. The fourth-order valence-corrected chi connectivity index (χ4v) is 4.21. The summed E-state index contributed by atoms with van der Waals surface area (Å²) in [6, 6.07) is 8.00. The number of halogens is 2. The van der Waals surface area contributed by atoms with Gasteiger partial charge in [0.05, 0.1) is 23.8 Å². The molecule has 0 saturated heterocycles. The summed E-state index contributed by atoms with van der Waals surface area (Å²) in [5.74, 6) is 2.36. The highest BCUT2D eigenvalue weighted by Gasteiger charge is 2.25. The second-order valence-electron chi connectivity index (χ2n) is 7.79. The zero-order valence-corrected chi connectivity index (χ0v) is 20.2. The molecule has 0 atom stereocenters. The molecule has 1 aromatic carbocycles. The molecule has 0 spiro atoms. The van der Waals surface area contributed by atoms with Crippen molar-refractivity contribution in [1.29, 1.82) is 0 Å². The highest BCUT2D eigenvalue weighted by molar-refractivity contribution is 6.35. The number of nitrogens with zero attached hydrogens (tertiary/aromatic N) is 6. The van der Waals surface area contributed by atoms with Gasteiger partial charge in [0.2, 0.25) is 0 Å². The molecule has 8 nitrogen and oxygen atoms in total. The number of rotatable bonds is 5. The number of fused-ring (bicyclic) bond motifs is 1. The molecule has 0 radical (unpaired) electrons. The Balaban J connectivity index is 1.72. The van der Waals surface area contributed by atoms with Crippen LogP contribution in [0.3, 0.4) is 0 Å². The molecule has 0 aliphatic heterocycles. The predicted octanol–water partition coefficient (Wildman–Crippen LogP) is 5.37. The maximum Gasteiger partial charge on any atom is 0.322 e. The van der Waals surface area contributed by atoms with Crippen molar-refractivity contribution in [3.05, 3.63) is 71.4 Å². The first-order chi connectivity index (χ1) is 17.4. The van der Waals surface area contributed by atoms with Gasteiger partial charge in [-0.25, -0.2) is 29.3 Å². The van der Waals surface area contributed by atoms with Crippen molar-refractivity contribution in [2.75, 3.05) is 7.11 Å². The first-order valence-corrected chi connectivity index (χ1v) is 11.1. The first-order valence-electron chi connectivity index (χ1n) is 10.7. The first kappa shape index (κ1) is 23.2. The van der Waals surface area contributed by atoms with E-state index in [1.165, 1.54) is 25.6 Å². The Bertz CT molecular complexity index is 1680. The third-order valence-electron chi connectivity index (χ3n) is 5.60. The van der Waals surface area contributed by atoms with Crippen LogP contribution in [0.2, 0.25) is 5.15 Å². The Morgan fingerprint density at radius 1 is 1.08 bits per heavy atom. The minimum atomic E-state index is -0.610. The van der Waals surface area contributed by atoms with E-state index in [4.69, 9.17) is 27.5 Å². The van der Waals surface area contributed by atoms with E-state index in [-0.39, 0.29) is 16.9 Å². The van der Waals surface area contributed by atoms with E-state index in [1.54, 1.807) is 37.5 Å². The van der Waals surface area contributed by atoms with Crippen molar-refractivity contribution in [2.45, 2.75) is 6.92 Å². The number of methoxy groups -OCH3 is 1. The minimum absolute atomic E-state index is 0.0221. The summed E-state index contributed by atoms with van der Waals surface area (Å²) in [5, 5.41) is 0.771. The molecule has 10 heteroatoms. The van der Waals surface area contributed by atoms with Crippen LogP contribution in [0.5, 0.6) is 17.5 Å². The minimum Gasteiger partial charge on any atom is -0.496 e. The van der Waals surface area contributed by atoms with Crippen molar-refractivity contribution < 1.29 is 13.9 Å². The number of benzene rings is 1. The second kappa shape index (κ2) is 9.24. The number of hydrogen-bond donors (Lipinski definition) is 0. The molecule has 0 bridgehead atoms. The van der Waals surface area contributed by atoms with Crippen LogP contribution in [0.15, 0.2) is 49.1 Å². The highest BCUT2D eigenvalue weighted by atomic mass is 35.5. The van der Waals surface area contributed by atoms with Gasteiger partial charge in [0.1, 0.15) is 28.6 Å². The van der Waals surface area contributed by atoms with Crippen molar-refractivity contribution >= 4 is 22.6 Å². The fourth-order valence-electron chi connectivity index (χ4n) is 3.99. The zero-order valence-electron chi connectivity index (χ0n) is 19.5. The van der Waals surface area contributed by atoms with E-state index < -0.39 is 5.82 Å². The molecule has 0 saturated carbocycles. The lowest BCUT2D eigenvalue weighted by atomic mass is 9.99. The van der Waals surface area contributed by atoms with Crippen LogP contribution < -0.4 is 9.47 Å². The lowest BCUT2D eigenvalue weighted by Crippen LogP contribution is -1.99. The maximum atomic E-state index is 15.3.